The minimum Gasteiger partial charge on any atom is -0.434 e. The molecule has 0 aliphatic carbocycles. The Morgan fingerprint density at radius 3 is 2.64 bits per heavy atom. The van der Waals surface area contributed by atoms with E-state index in [1.807, 2.05) is 20.8 Å². The molecule has 196 valence electrons. The summed E-state index contributed by atoms with van der Waals surface area (Å²) in [5.74, 6) is 0.740. The first-order valence-corrected chi connectivity index (χ1v) is 12.8. The molecule has 1 atom stereocenters. The topological polar surface area (TPSA) is 101 Å². The molecule has 10 heteroatoms. The van der Waals surface area contributed by atoms with Gasteiger partial charge in [-0.3, -0.25) is 9.69 Å². The highest BCUT2D eigenvalue weighted by molar-refractivity contribution is 5.97. The van der Waals surface area contributed by atoms with Crippen LogP contribution in [0.5, 0.6) is 11.6 Å². The molecule has 3 heterocycles. The number of rotatable bonds is 9. The maximum atomic E-state index is 14.1. The molecule has 9 nitrogen and oxygen atoms in total. The first kappa shape index (κ1) is 26.2. The van der Waals surface area contributed by atoms with E-state index in [2.05, 4.69) is 38.8 Å². The number of hydrogen-bond donors (Lipinski definition) is 1. The maximum absolute atomic E-state index is 14.1. The van der Waals surface area contributed by atoms with Crippen molar-refractivity contribution in [1.29, 1.82) is 0 Å². The predicted octanol–water partition coefficient (Wildman–Crippen LogP) is 3.17. The molecule has 2 aliphatic rings. The van der Waals surface area contributed by atoms with Crippen LogP contribution in [0.1, 0.15) is 51.4 Å². The molecule has 0 unspecified atom stereocenters. The van der Waals surface area contributed by atoms with Gasteiger partial charge in [0.05, 0.1) is 5.56 Å². The van der Waals surface area contributed by atoms with Crippen molar-refractivity contribution >= 4 is 11.7 Å². The van der Waals surface area contributed by atoms with Crippen molar-refractivity contribution in [2.45, 2.75) is 53.1 Å². The van der Waals surface area contributed by atoms with E-state index < -0.39 is 5.82 Å². The van der Waals surface area contributed by atoms with E-state index in [1.54, 1.807) is 4.90 Å². The Morgan fingerprint density at radius 1 is 1.25 bits per heavy atom. The second-order valence-electron chi connectivity index (χ2n) is 10.6. The molecule has 0 bridgehead atoms. The summed E-state index contributed by atoms with van der Waals surface area (Å²) in [6.07, 6.45) is 2.44. The van der Waals surface area contributed by atoms with Gasteiger partial charge in [0, 0.05) is 56.8 Å². The van der Waals surface area contributed by atoms with Crippen molar-refractivity contribution in [1.82, 2.24) is 25.0 Å². The highest BCUT2D eigenvalue weighted by Crippen LogP contribution is 2.44. The van der Waals surface area contributed by atoms with Crippen LogP contribution in [0.15, 0.2) is 24.5 Å². The minimum atomic E-state index is -0.504. The molecule has 2 N–H and O–H groups in total. The Labute approximate surface area is 212 Å². The number of carbonyl (C=O) groups excluding carboxylic acids is 1. The standard InChI is InChI=1S/C26H38FN7O2/c1-6-34(18(4)5)25(35)20-11-19(27)7-8-22(20)36-24-23(29-16-30-31-24)32-10-9-26(13-32)14-33(15-26)21(12-28)17(2)3/h7-8,11,16-18,21H,6,9-10,12-15,28H2,1-5H3/t21-/m1/s1. The highest BCUT2D eigenvalue weighted by Gasteiger charge is 2.50. The van der Waals surface area contributed by atoms with Gasteiger partial charge in [0.2, 0.25) is 0 Å². The van der Waals surface area contributed by atoms with E-state index >= 15 is 0 Å². The van der Waals surface area contributed by atoms with E-state index in [-0.39, 0.29) is 34.6 Å². The van der Waals surface area contributed by atoms with Crippen molar-refractivity contribution in [3.05, 3.63) is 35.9 Å². The molecule has 1 spiro atoms. The van der Waals surface area contributed by atoms with Gasteiger partial charge in [0.15, 0.2) is 5.82 Å². The largest absolute Gasteiger partial charge is 0.434 e. The van der Waals surface area contributed by atoms with Gasteiger partial charge in [-0.05, 0) is 51.3 Å². The fraction of sp³-hybridized carbons (Fsp3) is 0.615. The summed E-state index contributed by atoms with van der Waals surface area (Å²) in [4.78, 5) is 24.0. The Bertz CT molecular complexity index is 1070. The lowest BCUT2D eigenvalue weighted by Gasteiger charge is -2.52. The second kappa shape index (κ2) is 10.6. The fourth-order valence-corrected chi connectivity index (χ4v) is 5.57. The van der Waals surface area contributed by atoms with Crippen molar-refractivity contribution < 1.29 is 13.9 Å². The quantitative estimate of drug-likeness (QED) is 0.562. The van der Waals surface area contributed by atoms with E-state index in [9.17, 15) is 9.18 Å². The van der Waals surface area contributed by atoms with Gasteiger partial charge in [-0.2, -0.15) is 0 Å². The molecule has 36 heavy (non-hydrogen) atoms. The number of nitrogens with zero attached hydrogens (tertiary/aromatic N) is 6. The second-order valence-corrected chi connectivity index (χ2v) is 10.6. The summed E-state index contributed by atoms with van der Waals surface area (Å²) in [5, 5.41) is 8.11. The normalized spacial score (nSPS) is 18.1. The number of ether oxygens (including phenoxy) is 1. The van der Waals surface area contributed by atoms with Crippen LogP contribution in [0, 0.1) is 17.2 Å². The molecule has 2 aliphatic heterocycles. The SMILES string of the molecule is CCN(C(=O)c1cc(F)ccc1Oc1nncnc1N1CCC2(C1)CN([C@H](CN)C(C)C)C2)C(C)C. The van der Waals surface area contributed by atoms with Crippen molar-refractivity contribution in [2.24, 2.45) is 17.1 Å². The molecule has 4 rings (SSSR count). The summed E-state index contributed by atoms with van der Waals surface area (Å²) in [6, 6.07) is 4.31. The number of aromatic nitrogens is 3. The smallest absolute Gasteiger partial charge is 0.282 e. The van der Waals surface area contributed by atoms with Crippen LogP contribution < -0.4 is 15.4 Å². The van der Waals surface area contributed by atoms with Crippen LogP contribution in [0.2, 0.25) is 0 Å². The first-order valence-electron chi connectivity index (χ1n) is 12.8. The molecule has 1 aromatic heterocycles. The average molecular weight is 500 g/mol. The minimum absolute atomic E-state index is 0.0373. The number of hydrogen-bond acceptors (Lipinski definition) is 8. The average Bonchev–Trinajstić information content (AvgIpc) is 3.26. The number of likely N-dealkylation sites (tertiary alicyclic amines) is 1. The van der Waals surface area contributed by atoms with Crippen LogP contribution in [0.4, 0.5) is 10.2 Å². The lowest BCUT2D eigenvalue weighted by molar-refractivity contribution is -0.0275. The Balaban J connectivity index is 1.54. The van der Waals surface area contributed by atoms with Crippen molar-refractivity contribution in [2.75, 3.05) is 44.2 Å². The third-order valence-electron chi connectivity index (χ3n) is 7.47. The van der Waals surface area contributed by atoms with Crippen LogP contribution in [-0.4, -0.2) is 82.2 Å². The predicted molar refractivity (Wildman–Crippen MR) is 137 cm³/mol. The number of nitrogens with two attached hydrogens (primary N) is 1. The number of benzene rings is 1. The zero-order valence-electron chi connectivity index (χ0n) is 21.9. The van der Waals surface area contributed by atoms with Crippen molar-refractivity contribution in [3.63, 3.8) is 0 Å². The van der Waals surface area contributed by atoms with Crippen LogP contribution >= 0.6 is 0 Å². The summed E-state index contributed by atoms with van der Waals surface area (Å²) in [6.45, 7) is 15.0. The van der Waals surface area contributed by atoms with Gasteiger partial charge in [-0.1, -0.05) is 13.8 Å². The van der Waals surface area contributed by atoms with Crippen LogP contribution in [0.25, 0.3) is 0 Å². The van der Waals surface area contributed by atoms with E-state index in [4.69, 9.17) is 10.5 Å². The van der Waals surface area contributed by atoms with Gasteiger partial charge < -0.3 is 20.3 Å². The molecule has 0 saturated carbocycles. The zero-order chi connectivity index (χ0) is 26.0. The maximum Gasteiger partial charge on any atom is 0.282 e. The summed E-state index contributed by atoms with van der Waals surface area (Å²) in [7, 11) is 0. The van der Waals surface area contributed by atoms with Crippen LogP contribution in [-0.2, 0) is 0 Å². The Hall–Kier alpha value is -2.85. The van der Waals surface area contributed by atoms with Crippen LogP contribution in [0.3, 0.4) is 0 Å². The van der Waals surface area contributed by atoms with Gasteiger partial charge in [-0.15, -0.1) is 10.2 Å². The first-order chi connectivity index (χ1) is 17.2. The third-order valence-corrected chi connectivity index (χ3v) is 7.47. The molecular weight excluding hydrogens is 461 g/mol. The van der Waals surface area contributed by atoms with Crippen molar-refractivity contribution in [3.8, 4) is 11.6 Å². The van der Waals surface area contributed by atoms with E-state index in [0.717, 1.165) is 32.6 Å². The number of anilines is 1. The molecule has 1 aromatic carbocycles. The van der Waals surface area contributed by atoms with E-state index in [0.29, 0.717) is 30.9 Å². The summed E-state index contributed by atoms with van der Waals surface area (Å²) in [5.41, 5.74) is 6.37. The Kier molecular flexibility index (Phi) is 7.75. The van der Waals surface area contributed by atoms with Gasteiger partial charge >= 0.3 is 0 Å². The molecule has 0 radical (unpaired) electrons. The van der Waals surface area contributed by atoms with Gasteiger partial charge in [-0.25, -0.2) is 9.37 Å². The number of amides is 1. The molecule has 2 fully saturated rings. The molecule has 2 aromatic rings. The fourth-order valence-electron chi connectivity index (χ4n) is 5.57. The summed E-state index contributed by atoms with van der Waals surface area (Å²) >= 11 is 0. The third kappa shape index (κ3) is 5.15. The summed E-state index contributed by atoms with van der Waals surface area (Å²) < 4.78 is 20.3. The number of halogens is 1. The number of carbonyl (C=O) groups is 1. The van der Waals surface area contributed by atoms with Gasteiger partial charge in [0.25, 0.3) is 11.8 Å². The Morgan fingerprint density at radius 2 is 2.00 bits per heavy atom. The van der Waals surface area contributed by atoms with Gasteiger partial charge in [0.1, 0.15) is 17.9 Å². The highest BCUT2D eigenvalue weighted by atomic mass is 19.1. The lowest BCUT2D eigenvalue weighted by atomic mass is 9.77. The zero-order valence-corrected chi connectivity index (χ0v) is 21.9. The lowest BCUT2D eigenvalue weighted by Crippen LogP contribution is -2.63. The monoisotopic (exact) mass is 499 g/mol. The molecular formula is C26H38FN7O2. The molecule has 1 amide bonds. The van der Waals surface area contributed by atoms with E-state index in [1.165, 1.54) is 24.5 Å². The molecule has 2 saturated heterocycles.